The fraction of sp³-hybridized carbons (Fsp3) is 0.250. The van der Waals surface area contributed by atoms with E-state index in [1.165, 1.54) is 6.07 Å². The third kappa shape index (κ3) is 3.49. The van der Waals surface area contributed by atoms with Crippen LogP contribution < -0.4 is 9.46 Å². The van der Waals surface area contributed by atoms with Crippen molar-refractivity contribution >= 4 is 15.7 Å². The van der Waals surface area contributed by atoms with E-state index in [2.05, 4.69) is 4.72 Å². The van der Waals surface area contributed by atoms with Crippen LogP contribution in [0, 0.1) is 11.6 Å². The van der Waals surface area contributed by atoms with Gasteiger partial charge in [-0.2, -0.15) is 0 Å². The van der Waals surface area contributed by atoms with Gasteiger partial charge in [-0.05, 0) is 48.2 Å². The molecule has 2 N–H and O–H groups in total. The van der Waals surface area contributed by atoms with E-state index in [0.29, 0.717) is 24.5 Å². The lowest BCUT2D eigenvalue weighted by atomic mass is 10.1. The smallest absolute Gasteiger partial charge is 0.229 e. The molecule has 0 spiro atoms. The third-order valence-corrected chi connectivity index (χ3v) is 4.29. The van der Waals surface area contributed by atoms with E-state index < -0.39 is 27.8 Å². The second-order valence-corrected chi connectivity index (χ2v) is 7.40. The van der Waals surface area contributed by atoms with Crippen molar-refractivity contribution in [3.8, 4) is 11.5 Å². The number of fused-ring (bicyclic) bond motifs is 1. The van der Waals surface area contributed by atoms with Crippen LogP contribution in [0.3, 0.4) is 0 Å². The van der Waals surface area contributed by atoms with Crippen molar-refractivity contribution in [3.05, 3.63) is 53.1 Å². The largest absolute Gasteiger partial charge is 0.452 e. The van der Waals surface area contributed by atoms with E-state index in [1.54, 1.807) is 6.07 Å². The van der Waals surface area contributed by atoms with Crippen molar-refractivity contribution in [1.82, 2.24) is 0 Å². The first-order valence-corrected chi connectivity index (χ1v) is 9.07. The molecular weight excluding hydrogens is 340 g/mol. The molecule has 24 heavy (non-hydrogen) atoms. The minimum atomic E-state index is -3.59. The standard InChI is InChI=1S/C16H15F2NO4S/c1-24(21,22)19-13-6-9-2-4-14(20)11(9)8-16(13)23-15-5-3-10(17)7-12(15)18/h3,5-8,14,19-20H,2,4H2,1H3. The molecule has 0 amide bonds. The quantitative estimate of drug-likeness (QED) is 0.884. The normalized spacial score (nSPS) is 16.8. The van der Waals surface area contributed by atoms with E-state index in [-0.39, 0.29) is 17.2 Å². The van der Waals surface area contributed by atoms with Crippen LogP contribution in [-0.2, 0) is 16.4 Å². The summed E-state index contributed by atoms with van der Waals surface area (Å²) in [6.45, 7) is 0. The molecule has 0 saturated carbocycles. The van der Waals surface area contributed by atoms with Gasteiger partial charge in [0, 0.05) is 6.07 Å². The molecule has 0 aliphatic heterocycles. The molecule has 0 bridgehead atoms. The van der Waals surface area contributed by atoms with Crippen LogP contribution in [0.2, 0.25) is 0 Å². The van der Waals surface area contributed by atoms with E-state index in [1.807, 2.05) is 0 Å². The number of aryl methyl sites for hydroxylation is 1. The summed E-state index contributed by atoms with van der Waals surface area (Å²) in [7, 11) is -3.59. The highest BCUT2D eigenvalue weighted by Gasteiger charge is 2.24. The number of benzene rings is 2. The molecule has 1 atom stereocenters. The van der Waals surface area contributed by atoms with Crippen molar-refractivity contribution in [3.63, 3.8) is 0 Å². The number of sulfonamides is 1. The molecule has 1 aliphatic carbocycles. The van der Waals surface area contributed by atoms with E-state index in [4.69, 9.17) is 4.74 Å². The molecule has 128 valence electrons. The lowest BCUT2D eigenvalue weighted by Crippen LogP contribution is -2.11. The number of aliphatic hydroxyl groups is 1. The Balaban J connectivity index is 2.05. The highest BCUT2D eigenvalue weighted by atomic mass is 32.2. The Morgan fingerprint density at radius 2 is 1.96 bits per heavy atom. The summed E-state index contributed by atoms with van der Waals surface area (Å²) in [4.78, 5) is 0. The SMILES string of the molecule is CS(=O)(=O)Nc1cc2c(cc1Oc1ccc(F)cc1F)C(O)CC2. The maximum Gasteiger partial charge on any atom is 0.229 e. The Morgan fingerprint density at radius 1 is 1.21 bits per heavy atom. The van der Waals surface area contributed by atoms with Crippen molar-refractivity contribution < 1.29 is 27.0 Å². The summed E-state index contributed by atoms with van der Waals surface area (Å²) < 4.78 is 57.6. The van der Waals surface area contributed by atoms with Crippen molar-refractivity contribution in [2.24, 2.45) is 0 Å². The lowest BCUT2D eigenvalue weighted by Gasteiger charge is -2.15. The number of nitrogens with one attached hydrogen (secondary N) is 1. The minimum Gasteiger partial charge on any atom is -0.452 e. The summed E-state index contributed by atoms with van der Waals surface area (Å²) >= 11 is 0. The van der Waals surface area contributed by atoms with E-state index >= 15 is 0 Å². The van der Waals surface area contributed by atoms with Gasteiger partial charge >= 0.3 is 0 Å². The summed E-state index contributed by atoms with van der Waals surface area (Å²) in [5.74, 6) is -1.88. The van der Waals surface area contributed by atoms with Crippen molar-refractivity contribution in [1.29, 1.82) is 0 Å². The molecule has 0 fully saturated rings. The van der Waals surface area contributed by atoms with Crippen molar-refractivity contribution in [2.45, 2.75) is 18.9 Å². The molecule has 2 aromatic rings. The fourth-order valence-corrected chi connectivity index (χ4v) is 3.21. The first-order chi connectivity index (χ1) is 11.2. The van der Waals surface area contributed by atoms with Crippen LogP contribution in [0.5, 0.6) is 11.5 Å². The number of rotatable bonds is 4. The first kappa shape index (κ1) is 16.7. The molecule has 0 saturated heterocycles. The van der Waals surface area contributed by atoms with Gasteiger partial charge in [0.05, 0.1) is 18.0 Å². The molecule has 0 heterocycles. The Morgan fingerprint density at radius 3 is 2.62 bits per heavy atom. The Hall–Kier alpha value is -2.19. The second-order valence-electron chi connectivity index (χ2n) is 5.65. The second kappa shape index (κ2) is 6.03. The van der Waals surface area contributed by atoms with Gasteiger partial charge in [-0.1, -0.05) is 0 Å². The number of ether oxygens (including phenoxy) is 1. The van der Waals surface area contributed by atoms with Crippen LogP contribution in [0.1, 0.15) is 23.7 Å². The highest BCUT2D eigenvalue weighted by molar-refractivity contribution is 7.92. The molecule has 5 nitrogen and oxygen atoms in total. The van der Waals surface area contributed by atoms with Crippen molar-refractivity contribution in [2.75, 3.05) is 11.0 Å². The topological polar surface area (TPSA) is 75.6 Å². The van der Waals surface area contributed by atoms with Crippen LogP contribution in [0.15, 0.2) is 30.3 Å². The van der Waals surface area contributed by atoms with Crippen LogP contribution in [-0.4, -0.2) is 19.8 Å². The first-order valence-electron chi connectivity index (χ1n) is 7.18. The minimum absolute atomic E-state index is 0.0330. The molecule has 0 radical (unpaired) electrons. The van der Waals surface area contributed by atoms with Crippen LogP contribution >= 0.6 is 0 Å². The van der Waals surface area contributed by atoms with Gasteiger partial charge in [0.25, 0.3) is 0 Å². The summed E-state index contributed by atoms with van der Waals surface area (Å²) in [5, 5.41) is 9.97. The molecule has 2 aromatic carbocycles. The van der Waals surface area contributed by atoms with Gasteiger partial charge in [0.2, 0.25) is 10.0 Å². The number of halogens is 2. The number of hydrogen-bond donors (Lipinski definition) is 2. The zero-order valence-corrected chi connectivity index (χ0v) is 13.5. The molecule has 1 unspecified atom stereocenters. The van der Waals surface area contributed by atoms with Crippen LogP contribution in [0.4, 0.5) is 14.5 Å². The molecule has 1 aliphatic rings. The maximum atomic E-state index is 13.8. The predicted molar refractivity (Wildman–Crippen MR) is 84.6 cm³/mol. The summed E-state index contributed by atoms with van der Waals surface area (Å²) in [6.07, 6.45) is 1.41. The van der Waals surface area contributed by atoms with Gasteiger partial charge < -0.3 is 9.84 Å². The zero-order chi connectivity index (χ0) is 17.5. The number of aliphatic hydroxyl groups excluding tert-OH is 1. The lowest BCUT2D eigenvalue weighted by molar-refractivity contribution is 0.180. The average Bonchev–Trinajstić information content (AvgIpc) is 2.81. The maximum absolute atomic E-state index is 13.8. The monoisotopic (exact) mass is 355 g/mol. The molecule has 0 aromatic heterocycles. The molecule has 8 heteroatoms. The predicted octanol–water partition coefficient (Wildman–Crippen LogP) is 3.11. The average molecular weight is 355 g/mol. The Kier molecular flexibility index (Phi) is 4.18. The Bertz CT molecular complexity index is 899. The van der Waals surface area contributed by atoms with Gasteiger partial charge in [0.15, 0.2) is 17.3 Å². The van der Waals surface area contributed by atoms with E-state index in [0.717, 1.165) is 24.0 Å². The summed E-state index contributed by atoms with van der Waals surface area (Å²) in [5.41, 5.74) is 1.53. The fourth-order valence-electron chi connectivity index (χ4n) is 2.66. The zero-order valence-electron chi connectivity index (χ0n) is 12.7. The van der Waals surface area contributed by atoms with Crippen LogP contribution in [0.25, 0.3) is 0 Å². The Labute approximate surface area is 137 Å². The van der Waals surface area contributed by atoms with Gasteiger partial charge in [-0.25, -0.2) is 17.2 Å². The van der Waals surface area contributed by atoms with Gasteiger partial charge in [-0.3, -0.25) is 4.72 Å². The number of anilines is 1. The molecule has 3 rings (SSSR count). The number of hydrogen-bond acceptors (Lipinski definition) is 4. The van der Waals surface area contributed by atoms with E-state index in [9.17, 15) is 22.3 Å². The van der Waals surface area contributed by atoms with Gasteiger partial charge in [-0.15, -0.1) is 0 Å². The third-order valence-electron chi connectivity index (χ3n) is 3.70. The summed E-state index contributed by atoms with van der Waals surface area (Å²) in [6, 6.07) is 5.84. The molecular formula is C16H15F2NO4S. The highest BCUT2D eigenvalue weighted by Crippen LogP contribution is 2.40. The van der Waals surface area contributed by atoms with Gasteiger partial charge in [0.1, 0.15) is 5.82 Å².